The van der Waals surface area contributed by atoms with E-state index >= 15 is 0 Å². The minimum Gasteiger partial charge on any atom is -0.355 e. The van der Waals surface area contributed by atoms with Gasteiger partial charge in [0.05, 0.1) is 4.88 Å². The van der Waals surface area contributed by atoms with Crippen LogP contribution >= 0.6 is 11.3 Å². The maximum Gasteiger partial charge on any atom is 0.297 e. The van der Waals surface area contributed by atoms with E-state index in [-0.39, 0.29) is 12.0 Å². The third-order valence-corrected chi connectivity index (χ3v) is 3.81. The lowest BCUT2D eigenvalue weighted by molar-refractivity contribution is -0.186. The molecule has 0 saturated carbocycles. The molecular formula is C13H14N2O4S. The van der Waals surface area contributed by atoms with Crippen molar-refractivity contribution in [3.63, 3.8) is 0 Å². The molecule has 1 atom stereocenters. The van der Waals surface area contributed by atoms with E-state index < -0.39 is 5.91 Å². The van der Waals surface area contributed by atoms with Crippen LogP contribution in [0.4, 0.5) is 0 Å². The summed E-state index contributed by atoms with van der Waals surface area (Å²) >= 11 is 1.52. The number of nitrogens with one attached hydrogen (secondary N) is 1. The molecule has 1 saturated heterocycles. The number of nitrogens with zero attached hydrogens (tertiary/aromatic N) is 1. The Morgan fingerprint density at radius 2 is 2.45 bits per heavy atom. The predicted octanol–water partition coefficient (Wildman–Crippen LogP) is 2.59. The van der Waals surface area contributed by atoms with E-state index in [1.54, 1.807) is 6.07 Å². The van der Waals surface area contributed by atoms with Crippen LogP contribution in [0.2, 0.25) is 0 Å². The second-order valence-electron chi connectivity index (χ2n) is 4.40. The molecule has 1 N–H and O–H groups in total. The van der Waals surface area contributed by atoms with Crippen molar-refractivity contribution in [3.05, 3.63) is 29.3 Å². The number of hydrogen-bond acceptors (Lipinski definition) is 6. The first-order valence-electron chi connectivity index (χ1n) is 6.41. The second-order valence-corrected chi connectivity index (χ2v) is 5.35. The summed E-state index contributed by atoms with van der Waals surface area (Å²) in [7, 11) is 0. The number of carbonyl (C=O) groups excluding carboxylic acids is 1. The molecule has 0 spiro atoms. The first-order chi connectivity index (χ1) is 9.83. The molecule has 0 unspecified atom stereocenters. The lowest BCUT2D eigenvalue weighted by atomic mass is 10.2. The maximum absolute atomic E-state index is 11.9. The minimum atomic E-state index is -0.439. The van der Waals surface area contributed by atoms with Crippen molar-refractivity contribution in [1.82, 2.24) is 10.6 Å². The smallest absolute Gasteiger partial charge is 0.297 e. The van der Waals surface area contributed by atoms with Gasteiger partial charge < -0.3 is 9.26 Å². The van der Waals surface area contributed by atoms with E-state index in [4.69, 9.17) is 14.1 Å². The summed E-state index contributed by atoms with van der Waals surface area (Å²) in [5, 5.41) is 5.67. The molecule has 2 aromatic rings. The Balaban J connectivity index is 1.57. The van der Waals surface area contributed by atoms with Crippen LogP contribution in [0.5, 0.6) is 0 Å². The van der Waals surface area contributed by atoms with Crippen LogP contribution in [0.3, 0.4) is 0 Å². The third kappa shape index (κ3) is 3.06. The molecule has 106 valence electrons. The molecule has 3 rings (SSSR count). The van der Waals surface area contributed by atoms with Gasteiger partial charge in [-0.15, -0.1) is 11.3 Å². The molecule has 2 aromatic heterocycles. The summed E-state index contributed by atoms with van der Waals surface area (Å²) in [6.45, 7) is 0.660. The quantitative estimate of drug-likeness (QED) is 0.877. The van der Waals surface area contributed by atoms with Crippen molar-refractivity contribution < 1.29 is 18.9 Å². The SMILES string of the molecule is O=C(NO[C@H]1CCCCO1)c1cc(-c2cccs2)on1. The van der Waals surface area contributed by atoms with Crippen LogP contribution in [0.15, 0.2) is 28.1 Å². The fraction of sp³-hybridized carbons (Fsp3) is 0.385. The molecular weight excluding hydrogens is 280 g/mol. The zero-order valence-electron chi connectivity index (χ0n) is 10.7. The summed E-state index contributed by atoms with van der Waals surface area (Å²) < 4.78 is 10.5. The summed E-state index contributed by atoms with van der Waals surface area (Å²) in [5.74, 6) is 0.129. The molecule has 1 fully saturated rings. The standard InChI is InChI=1S/C13H14N2O4S/c16-13(15-19-12-5-1-2-6-17-12)9-8-10(18-14-9)11-4-3-7-20-11/h3-4,7-8,12H,1-2,5-6H2,(H,15,16)/t12-/m0/s1. The molecule has 0 aliphatic carbocycles. The number of aromatic nitrogens is 1. The Bertz CT molecular complexity index is 561. The van der Waals surface area contributed by atoms with Gasteiger partial charge in [-0.2, -0.15) is 0 Å². The topological polar surface area (TPSA) is 73.6 Å². The molecule has 20 heavy (non-hydrogen) atoms. The van der Waals surface area contributed by atoms with E-state index in [2.05, 4.69) is 10.6 Å². The van der Waals surface area contributed by atoms with E-state index in [0.717, 1.165) is 24.1 Å². The van der Waals surface area contributed by atoms with Gasteiger partial charge in [0.15, 0.2) is 17.7 Å². The number of carbonyl (C=O) groups is 1. The van der Waals surface area contributed by atoms with Crippen LogP contribution in [0.25, 0.3) is 10.6 Å². The Morgan fingerprint density at radius 1 is 1.50 bits per heavy atom. The molecule has 0 bridgehead atoms. The van der Waals surface area contributed by atoms with E-state index in [0.29, 0.717) is 12.4 Å². The van der Waals surface area contributed by atoms with Crippen molar-refractivity contribution in [2.24, 2.45) is 0 Å². The number of hydroxylamine groups is 1. The van der Waals surface area contributed by atoms with E-state index in [1.165, 1.54) is 11.3 Å². The van der Waals surface area contributed by atoms with Gasteiger partial charge >= 0.3 is 0 Å². The largest absolute Gasteiger partial charge is 0.355 e. The Labute approximate surface area is 119 Å². The highest BCUT2D eigenvalue weighted by Gasteiger charge is 2.18. The molecule has 1 amide bonds. The van der Waals surface area contributed by atoms with E-state index in [1.807, 2.05) is 17.5 Å². The summed E-state index contributed by atoms with van der Waals surface area (Å²) in [6.07, 6.45) is 2.46. The summed E-state index contributed by atoms with van der Waals surface area (Å²) in [5.41, 5.74) is 2.53. The Kier molecular flexibility index (Phi) is 4.10. The second kappa shape index (κ2) is 6.17. The van der Waals surface area contributed by atoms with Gasteiger partial charge in [-0.05, 0) is 24.3 Å². The van der Waals surface area contributed by atoms with Gasteiger partial charge in [-0.3, -0.25) is 4.79 Å². The molecule has 6 nitrogen and oxygen atoms in total. The number of ether oxygens (including phenoxy) is 1. The zero-order valence-corrected chi connectivity index (χ0v) is 11.5. The lowest BCUT2D eigenvalue weighted by Gasteiger charge is -2.21. The molecule has 1 aliphatic rings. The maximum atomic E-state index is 11.9. The fourth-order valence-electron chi connectivity index (χ4n) is 1.89. The summed E-state index contributed by atoms with van der Waals surface area (Å²) in [4.78, 5) is 18.0. The first-order valence-corrected chi connectivity index (χ1v) is 7.29. The Morgan fingerprint density at radius 3 is 3.20 bits per heavy atom. The average Bonchev–Trinajstić information content (AvgIpc) is 3.16. The number of rotatable bonds is 4. The molecule has 1 aliphatic heterocycles. The van der Waals surface area contributed by atoms with Gasteiger partial charge in [-0.1, -0.05) is 11.2 Å². The number of amides is 1. The van der Waals surface area contributed by atoms with Crippen molar-refractivity contribution in [2.75, 3.05) is 6.61 Å². The Hall–Kier alpha value is -1.70. The highest BCUT2D eigenvalue weighted by atomic mass is 32.1. The van der Waals surface area contributed by atoms with Crippen LogP contribution in [-0.2, 0) is 9.57 Å². The number of thiophene rings is 1. The van der Waals surface area contributed by atoms with Gasteiger partial charge in [0.2, 0.25) is 0 Å². The van der Waals surface area contributed by atoms with Crippen molar-refractivity contribution >= 4 is 17.2 Å². The minimum absolute atomic E-state index is 0.184. The fourth-order valence-corrected chi connectivity index (χ4v) is 2.57. The molecule has 0 aromatic carbocycles. The molecule has 7 heteroatoms. The van der Waals surface area contributed by atoms with Crippen LogP contribution in [-0.4, -0.2) is 24.0 Å². The molecule has 3 heterocycles. The lowest BCUT2D eigenvalue weighted by Crippen LogP contribution is -2.33. The summed E-state index contributed by atoms with van der Waals surface area (Å²) in [6, 6.07) is 5.40. The predicted molar refractivity (Wildman–Crippen MR) is 72.0 cm³/mol. The number of hydrogen-bond donors (Lipinski definition) is 1. The van der Waals surface area contributed by atoms with Gasteiger partial charge in [0, 0.05) is 19.1 Å². The van der Waals surface area contributed by atoms with Gasteiger partial charge in [0.1, 0.15) is 0 Å². The van der Waals surface area contributed by atoms with Crippen LogP contribution in [0, 0.1) is 0 Å². The third-order valence-electron chi connectivity index (χ3n) is 2.93. The van der Waals surface area contributed by atoms with E-state index in [9.17, 15) is 4.79 Å². The zero-order chi connectivity index (χ0) is 13.8. The normalized spacial score (nSPS) is 18.9. The van der Waals surface area contributed by atoms with Crippen molar-refractivity contribution in [3.8, 4) is 10.6 Å². The first kappa shape index (κ1) is 13.3. The average molecular weight is 294 g/mol. The van der Waals surface area contributed by atoms with Crippen molar-refractivity contribution in [2.45, 2.75) is 25.6 Å². The monoisotopic (exact) mass is 294 g/mol. The molecule has 0 radical (unpaired) electrons. The van der Waals surface area contributed by atoms with Crippen LogP contribution in [0.1, 0.15) is 29.8 Å². The van der Waals surface area contributed by atoms with Crippen LogP contribution < -0.4 is 5.48 Å². The van der Waals surface area contributed by atoms with Crippen molar-refractivity contribution in [1.29, 1.82) is 0 Å². The highest BCUT2D eigenvalue weighted by Crippen LogP contribution is 2.25. The highest BCUT2D eigenvalue weighted by molar-refractivity contribution is 7.13. The van der Waals surface area contributed by atoms with Gasteiger partial charge in [0.25, 0.3) is 5.91 Å². The van der Waals surface area contributed by atoms with Gasteiger partial charge in [-0.25, -0.2) is 10.3 Å².